The molecule has 4 aliphatic heterocycles. The van der Waals surface area contributed by atoms with Crippen molar-refractivity contribution in [2.75, 3.05) is 31.2 Å². The van der Waals surface area contributed by atoms with Crippen LogP contribution in [0.1, 0.15) is 23.1 Å². The topological polar surface area (TPSA) is 104 Å². The average Bonchev–Trinajstić information content (AvgIpc) is 3.58. The average molecular weight is 509 g/mol. The first kappa shape index (κ1) is 22.7. The second-order valence-electron chi connectivity index (χ2n) is 9.73. The van der Waals surface area contributed by atoms with Crippen LogP contribution in [0.25, 0.3) is 16.5 Å². The van der Waals surface area contributed by atoms with E-state index in [1.165, 1.54) is 0 Å². The highest BCUT2D eigenvalue weighted by molar-refractivity contribution is 6.48. The summed E-state index contributed by atoms with van der Waals surface area (Å²) in [4.78, 5) is 48.0. The molecule has 2 aromatic carbocycles. The van der Waals surface area contributed by atoms with Crippen molar-refractivity contribution in [2.24, 2.45) is 4.99 Å². The van der Waals surface area contributed by atoms with Gasteiger partial charge in [0.2, 0.25) is 5.91 Å². The minimum Gasteiger partial charge on any atom is -0.464 e. The molecule has 1 unspecified atom stereocenters. The van der Waals surface area contributed by atoms with E-state index < -0.39 is 11.8 Å². The predicted octanol–water partition coefficient (Wildman–Crippen LogP) is 2.80. The SMILES string of the molecule is O=C1NC(=O)C(c2cccc3ccoc23)=C1C1=NC=CN2c3c(cccc31)CC2CC(=O)N1CCOCC1. The van der Waals surface area contributed by atoms with Crippen molar-refractivity contribution < 1.29 is 23.5 Å². The maximum absolute atomic E-state index is 13.2. The standard InChI is InChI=1S/C29H24N4O5/c34-22(32-10-13-37-14-11-32)16-19-15-18-4-2-6-21-25(30-8-9-33(19)26(18)21)24-23(28(35)31-29(24)36)20-5-1-3-17-7-12-38-27(17)20/h1-9,12,19H,10-11,13-16H2,(H,31,35,36). The third-order valence-electron chi connectivity index (χ3n) is 7.60. The molecule has 5 heterocycles. The number of aliphatic imine (C=N–C) groups is 1. The third-order valence-corrected chi connectivity index (χ3v) is 7.60. The number of imide groups is 1. The Labute approximate surface area is 218 Å². The molecule has 38 heavy (non-hydrogen) atoms. The molecule has 0 saturated carbocycles. The number of ether oxygens (including phenoxy) is 1. The number of fused-ring (bicyclic) bond motifs is 1. The molecule has 1 aromatic heterocycles. The molecule has 9 nitrogen and oxygen atoms in total. The van der Waals surface area contributed by atoms with Crippen LogP contribution < -0.4 is 10.2 Å². The Morgan fingerprint density at radius 1 is 1.00 bits per heavy atom. The predicted molar refractivity (Wildman–Crippen MR) is 140 cm³/mol. The minimum absolute atomic E-state index is 0.0725. The molecule has 0 spiro atoms. The second kappa shape index (κ2) is 8.81. The zero-order valence-corrected chi connectivity index (χ0v) is 20.5. The van der Waals surface area contributed by atoms with E-state index in [1.807, 2.05) is 47.5 Å². The molecule has 9 heteroatoms. The molecule has 0 aliphatic carbocycles. The molecule has 190 valence electrons. The molecule has 0 radical (unpaired) electrons. The van der Waals surface area contributed by atoms with Crippen molar-refractivity contribution in [3.05, 3.63) is 83.4 Å². The van der Waals surface area contributed by atoms with Gasteiger partial charge in [-0.2, -0.15) is 0 Å². The van der Waals surface area contributed by atoms with Gasteiger partial charge in [0.15, 0.2) is 0 Å². The molecule has 3 aromatic rings. The highest BCUT2D eigenvalue weighted by Crippen LogP contribution is 2.41. The van der Waals surface area contributed by atoms with Crippen molar-refractivity contribution in [3.63, 3.8) is 0 Å². The summed E-state index contributed by atoms with van der Waals surface area (Å²) in [7, 11) is 0. The maximum atomic E-state index is 13.2. The summed E-state index contributed by atoms with van der Waals surface area (Å²) in [5, 5.41) is 3.30. The molecule has 1 fully saturated rings. The smallest absolute Gasteiger partial charge is 0.261 e. The maximum Gasteiger partial charge on any atom is 0.261 e. The van der Waals surface area contributed by atoms with Crippen LogP contribution in [0.2, 0.25) is 0 Å². The fraction of sp³-hybridized carbons (Fsp3) is 0.241. The number of amides is 3. The van der Waals surface area contributed by atoms with Crippen molar-refractivity contribution in [3.8, 4) is 0 Å². The Morgan fingerprint density at radius 3 is 2.66 bits per heavy atom. The van der Waals surface area contributed by atoms with Crippen LogP contribution in [0.15, 0.2) is 76.1 Å². The van der Waals surface area contributed by atoms with Gasteiger partial charge in [-0.25, -0.2) is 0 Å². The number of carbonyl (C=O) groups excluding carboxylic acids is 3. The van der Waals surface area contributed by atoms with Gasteiger partial charge in [0.1, 0.15) is 5.58 Å². The van der Waals surface area contributed by atoms with Gasteiger partial charge in [0, 0.05) is 54.5 Å². The fourth-order valence-corrected chi connectivity index (χ4v) is 5.87. The zero-order chi connectivity index (χ0) is 25.8. The van der Waals surface area contributed by atoms with Gasteiger partial charge >= 0.3 is 0 Å². The number of para-hydroxylation sites is 2. The second-order valence-corrected chi connectivity index (χ2v) is 9.73. The molecule has 1 atom stereocenters. The molecule has 3 amide bonds. The number of carbonyl (C=O) groups is 3. The van der Waals surface area contributed by atoms with Gasteiger partial charge in [0.25, 0.3) is 11.8 Å². The van der Waals surface area contributed by atoms with E-state index in [0.717, 1.165) is 22.2 Å². The van der Waals surface area contributed by atoms with Gasteiger partial charge in [-0.05, 0) is 18.1 Å². The number of nitrogens with one attached hydrogen (secondary N) is 1. The number of rotatable bonds is 4. The molecule has 1 saturated heterocycles. The lowest BCUT2D eigenvalue weighted by Gasteiger charge is -2.30. The van der Waals surface area contributed by atoms with Crippen molar-refractivity contribution in [1.29, 1.82) is 0 Å². The van der Waals surface area contributed by atoms with Crippen molar-refractivity contribution >= 4 is 45.7 Å². The van der Waals surface area contributed by atoms with Crippen molar-refractivity contribution in [1.82, 2.24) is 10.2 Å². The summed E-state index contributed by atoms with van der Waals surface area (Å²) in [6.45, 7) is 2.34. The van der Waals surface area contributed by atoms with E-state index in [9.17, 15) is 14.4 Å². The summed E-state index contributed by atoms with van der Waals surface area (Å²) in [5.74, 6) is -0.879. The molecule has 1 N–H and O–H groups in total. The van der Waals surface area contributed by atoms with Crippen LogP contribution >= 0.6 is 0 Å². The van der Waals surface area contributed by atoms with Crippen LogP contribution in [0.3, 0.4) is 0 Å². The van der Waals surface area contributed by atoms with E-state index in [0.29, 0.717) is 56.0 Å². The van der Waals surface area contributed by atoms with Gasteiger partial charge in [-0.3, -0.25) is 24.7 Å². The van der Waals surface area contributed by atoms with Crippen LogP contribution in [0, 0.1) is 0 Å². The molecular weight excluding hydrogens is 484 g/mol. The van der Waals surface area contributed by atoms with Gasteiger partial charge in [-0.15, -0.1) is 0 Å². The molecular formula is C29H24N4O5. The van der Waals surface area contributed by atoms with Crippen LogP contribution in [0.4, 0.5) is 5.69 Å². The first-order valence-corrected chi connectivity index (χ1v) is 12.7. The monoisotopic (exact) mass is 508 g/mol. The Kier molecular flexibility index (Phi) is 5.26. The summed E-state index contributed by atoms with van der Waals surface area (Å²) in [6, 6.07) is 13.1. The lowest BCUT2D eigenvalue weighted by atomic mass is 9.92. The molecule has 4 aliphatic rings. The summed E-state index contributed by atoms with van der Waals surface area (Å²) < 4.78 is 11.1. The van der Waals surface area contributed by atoms with Gasteiger partial charge in [0.05, 0.1) is 42.0 Å². The highest BCUT2D eigenvalue weighted by Gasteiger charge is 2.40. The minimum atomic E-state index is -0.496. The lowest BCUT2D eigenvalue weighted by Crippen LogP contribution is -2.43. The number of hydrogen-bond acceptors (Lipinski definition) is 7. The van der Waals surface area contributed by atoms with Gasteiger partial charge in [-0.1, -0.05) is 36.4 Å². The normalized spacial score (nSPS) is 20.6. The van der Waals surface area contributed by atoms with E-state index in [2.05, 4.69) is 15.2 Å². The number of anilines is 1. The first-order valence-electron chi connectivity index (χ1n) is 12.7. The van der Waals surface area contributed by atoms with Crippen LogP contribution in [-0.2, 0) is 25.5 Å². The lowest BCUT2D eigenvalue weighted by molar-refractivity contribution is -0.135. The fourth-order valence-electron chi connectivity index (χ4n) is 5.87. The third kappa shape index (κ3) is 3.50. The Morgan fingerprint density at radius 2 is 1.79 bits per heavy atom. The van der Waals surface area contributed by atoms with Crippen LogP contribution in [0.5, 0.6) is 0 Å². The number of morpholine rings is 1. The zero-order valence-electron chi connectivity index (χ0n) is 20.5. The van der Waals surface area contributed by atoms with Crippen molar-refractivity contribution in [2.45, 2.75) is 18.9 Å². The van der Waals surface area contributed by atoms with Gasteiger partial charge < -0.3 is 19.0 Å². The van der Waals surface area contributed by atoms with E-state index in [4.69, 9.17) is 9.15 Å². The molecule has 7 rings (SSSR count). The van der Waals surface area contributed by atoms with Crippen LogP contribution in [-0.4, -0.2) is 60.7 Å². The Bertz CT molecular complexity index is 1610. The summed E-state index contributed by atoms with van der Waals surface area (Å²) in [5.41, 5.74) is 4.69. The largest absolute Gasteiger partial charge is 0.464 e. The van der Waals surface area contributed by atoms with E-state index >= 15 is 0 Å². The summed E-state index contributed by atoms with van der Waals surface area (Å²) in [6.07, 6.45) is 6.13. The number of nitrogens with zero attached hydrogens (tertiary/aromatic N) is 3. The highest BCUT2D eigenvalue weighted by atomic mass is 16.5. The number of benzene rings is 2. The quantitative estimate of drug-likeness (QED) is 0.544. The molecule has 0 bridgehead atoms. The number of hydrogen-bond donors (Lipinski definition) is 1. The summed E-state index contributed by atoms with van der Waals surface area (Å²) >= 11 is 0. The first-order chi connectivity index (χ1) is 18.6. The number of furan rings is 1. The Balaban J connectivity index is 1.30. The van der Waals surface area contributed by atoms with E-state index in [-0.39, 0.29) is 23.1 Å². The van der Waals surface area contributed by atoms with E-state index in [1.54, 1.807) is 18.5 Å². The Hall–Kier alpha value is -4.50.